The molecule has 2 heterocycles. The molecule has 0 saturated carbocycles. The van der Waals surface area contributed by atoms with Crippen molar-refractivity contribution in [3.05, 3.63) is 52.7 Å². The van der Waals surface area contributed by atoms with E-state index in [0.29, 0.717) is 6.54 Å². The second-order valence-corrected chi connectivity index (χ2v) is 7.65. The molecule has 3 aromatic rings. The van der Waals surface area contributed by atoms with Crippen LogP contribution in [0.4, 0.5) is 5.82 Å². The lowest BCUT2D eigenvalue weighted by atomic mass is 9.94. The van der Waals surface area contributed by atoms with E-state index in [1.54, 1.807) is 23.9 Å². The van der Waals surface area contributed by atoms with Crippen molar-refractivity contribution in [2.24, 2.45) is 10.8 Å². The van der Waals surface area contributed by atoms with E-state index in [1.807, 2.05) is 24.3 Å². The van der Waals surface area contributed by atoms with Crippen LogP contribution in [-0.4, -0.2) is 16.2 Å². The van der Waals surface area contributed by atoms with Crippen molar-refractivity contribution in [3.63, 3.8) is 0 Å². The third-order valence-corrected chi connectivity index (χ3v) is 5.14. The van der Waals surface area contributed by atoms with E-state index in [1.165, 1.54) is 4.88 Å². The molecule has 6 heteroatoms. The van der Waals surface area contributed by atoms with Gasteiger partial charge in [0.2, 0.25) is 0 Å². The maximum absolute atomic E-state index is 5.60. The summed E-state index contributed by atoms with van der Waals surface area (Å²) in [6, 6.07) is 10.1. The highest BCUT2D eigenvalue weighted by molar-refractivity contribution is 7.18. The van der Waals surface area contributed by atoms with E-state index in [2.05, 4.69) is 47.3 Å². The summed E-state index contributed by atoms with van der Waals surface area (Å²) in [6.07, 6.45) is 3.34. The monoisotopic (exact) mass is 339 g/mol. The Balaban J connectivity index is 1.81. The summed E-state index contributed by atoms with van der Waals surface area (Å²) in [5.74, 6) is 0.724. The molecule has 0 unspecified atom stereocenters. The summed E-state index contributed by atoms with van der Waals surface area (Å²) in [4.78, 5) is 10.9. The van der Waals surface area contributed by atoms with Gasteiger partial charge in [0.25, 0.3) is 0 Å². The third-order valence-electron chi connectivity index (χ3n) is 3.67. The Morgan fingerprint density at radius 2 is 1.96 bits per heavy atom. The molecular formula is C18H21N5S. The van der Waals surface area contributed by atoms with Gasteiger partial charge >= 0.3 is 0 Å². The first-order valence-electron chi connectivity index (χ1n) is 7.80. The van der Waals surface area contributed by atoms with E-state index in [0.717, 1.165) is 27.2 Å². The molecule has 0 atom stereocenters. The summed E-state index contributed by atoms with van der Waals surface area (Å²) in [5.41, 5.74) is 10.8. The smallest absolute Gasteiger partial charge is 0.158 e. The van der Waals surface area contributed by atoms with Gasteiger partial charge in [-0.3, -0.25) is 5.43 Å². The van der Waals surface area contributed by atoms with Gasteiger partial charge in [-0.1, -0.05) is 45.0 Å². The average Bonchev–Trinajstić information content (AvgIpc) is 3.01. The van der Waals surface area contributed by atoms with Crippen molar-refractivity contribution in [3.8, 4) is 0 Å². The zero-order valence-electron chi connectivity index (χ0n) is 14.1. The molecule has 5 nitrogen and oxygen atoms in total. The molecule has 0 aliphatic rings. The first kappa shape index (κ1) is 16.5. The van der Waals surface area contributed by atoms with Crippen molar-refractivity contribution in [2.45, 2.75) is 32.7 Å². The Labute approximate surface area is 145 Å². The van der Waals surface area contributed by atoms with Crippen LogP contribution in [0, 0.1) is 0 Å². The lowest BCUT2D eigenvalue weighted by molar-refractivity contribution is 0.604. The van der Waals surface area contributed by atoms with Gasteiger partial charge < -0.3 is 5.73 Å². The van der Waals surface area contributed by atoms with Crippen LogP contribution in [0.5, 0.6) is 0 Å². The fourth-order valence-electron chi connectivity index (χ4n) is 2.22. The van der Waals surface area contributed by atoms with Crippen LogP contribution in [0.25, 0.3) is 10.2 Å². The molecule has 0 saturated heterocycles. The number of hydrazone groups is 1. The second-order valence-electron chi connectivity index (χ2n) is 6.62. The summed E-state index contributed by atoms with van der Waals surface area (Å²) in [5, 5.41) is 5.30. The summed E-state index contributed by atoms with van der Waals surface area (Å²) < 4.78 is 0. The van der Waals surface area contributed by atoms with Gasteiger partial charge in [0.15, 0.2) is 5.82 Å². The number of nitrogens with zero attached hydrogens (tertiary/aromatic N) is 3. The molecule has 0 bridgehead atoms. The molecule has 124 valence electrons. The fourth-order valence-corrected chi connectivity index (χ4v) is 3.28. The SMILES string of the molecule is CC(C)(C)c1cc2c(N/N=C/c3ccc(CN)cc3)ncnc2s1. The molecule has 0 amide bonds. The number of fused-ring (bicyclic) bond motifs is 1. The highest BCUT2D eigenvalue weighted by Crippen LogP contribution is 2.35. The number of nitrogens with two attached hydrogens (primary N) is 1. The van der Waals surface area contributed by atoms with Crippen LogP contribution in [0.1, 0.15) is 36.8 Å². The summed E-state index contributed by atoms with van der Waals surface area (Å²) in [7, 11) is 0. The van der Waals surface area contributed by atoms with Crippen LogP contribution in [0.15, 0.2) is 41.8 Å². The molecular weight excluding hydrogens is 318 g/mol. The Morgan fingerprint density at radius 3 is 2.62 bits per heavy atom. The maximum atomic E-state index is 5.60. The van der Waals surface area contributed by atoms with Crippen LogP contribution < -0.4 is 11.2 Å². The lowest BCUT2D eigenvalue weighted by Gasteiger charge is -2.14. The third kappa shape index (κ3) is 3.60. The van der Waals surface area contributed by atoms with Crippen LogP contribution in [0.2, 0.25) is 0 Å². The standard InChI is InChI=1S/C18H21N5S/c1-18(2,3)15-8-14-16(20-11-21-17(14)24-15)23-22-10-13-6-4-12(9-19)5-7-13/h4-8,10-11H,9,19H2,1-3H3,(H,20,21,23)/b22-10+. The molecule has 0 aliphatic heterocycles. The molecule has 2 aromatic heterocycles. The van der Waals surface area contributed by atoms with Gasteiger partial charge in [0, 0.05) is 11.4 Å². The molecule has 0 aliphatic carbocycles. The summed E-state index contributed by atoms with van der Waals surface area (Å²) in [6.45, 7) is 7.13. The van der Waals surface area contributed by atoms with Gasteiger partial charge in [-0.15, -0.1) is 11.3 Å². The van der Waals surface area contributed by atoms with Crippen molar-refractivity contribution in [1.29, 1.82) is 0 Å². The van der Waals surface area contributed by atoms with Gasteiger partial charge in [0.1, 0.15) is 11.2 Å². The second kappa shape index (κ2) is 6.67. The quantitative estimate of drug-likeness (QED) is 0.558. The van der Waals surface area contributed by atoms with Crippen molar-refractivity contribution < 1.29 is 0 Å². The molecule has 3 rings (SSSR count). The zero-order valence-corrected chi connectivity index (χ0v) is 14.9. The normalized spacial score (nSPS) is 12.2. The Morgan fingerprint density at radius 1 is 1.21 bits per heavy atom. The minimum atomic E-state index is 0.0939. The predicted octanol–water partition coefficient (Wildman–Crippen LogP) is 3.89. The van der Waals surface area contributed by atoms with Crippen LogP contribution >= 0.6 is 11.3 Å². The van der Waals surface area contributed by atoms with E-state index in [4.69, 9.17) is 5.73 Å². The molecule has 3 N–H and O–H groups in total. The Bertz CT molecular complexity index is 859. The first-order valence-corrected chi connectivity index (χ1v) is 8.62. The molecule has 0 fully saturated rings. The highest BCUT2D eigenvalue weighted by atomic mass is 32.1. The molecule has 1 aromatic carbocycles. The molecule has 24 heavy (non-hydrogen) atoms. The minimum absolute atomic E-state index is 0.0939. The maximum Gasteiger partial charge on any atom is 0.158 e. The van der Waals surface area contributed by atoms with Crippen LogP contribution in [0.3, 0.4) is 0 Å². The summed E-state index contributed by atoms with van der Waals surface area (Å²) >= 11 is 1.70. The first-order chi connectivity index (χ1) is 11.5. The van der Waals surface area contributed by atoms with Gasteiger partial charge in [-0.25, -0.2) is 9.97 Å². The molecule has 0 radical (unpaired) electrons. The Hall–Kier alpha value is -2.31. The highest BCUT2D eigenvalue weighted by Gasteiger charge is 2.18. The number of thiophene rings is 1. The van der Waals surface area contributed by atoms with Gasteiger partial charge in [-0.2, -0.15) is 5.10 Å². The van der Waals surface area contributed by atoms with E-state index in [-0.39, 0.29) is 5.41 Å². The average molecular weight is 339 g/mol. The zero-order chi connectivity index (χ0) is 17.2. The van der Waals surface area contributed by atoms with E-state index < -0.39 is 0 Å². The lowest BCUT2D eigenvalue weighted by Crippen LogP contribution is -2.07. The topological polar surface area (TPSA) is 76.2 Å². The number of aromatic nitrogens is 2. The number of benzene rings is 1. The minimum Gasteiger partial charge on any atom is -0.326 e. The van der Waals surface area contributed by atoms with Gasteiger partial charge in [-0.05, 0) is 22.6 Å². The van der Waals surface area contributed by atoms with Crippen molar-refractivity contribution in [1.82, 2.24) is 9.97 Å². The molecule has 0 spiro atoms. The largest absolute Gasteiger partial charge is 0.326 e. The van der Waals surface area contributed by atoms with Crippen molar-refractivity contribution >= 4 is 33.6 Å². The van der Waals surface area contributed by atoms with Crippen LogP contribution in [-0.2, 0) is 12.0 Å². The predicted molar refractivity (Wildman–Crippen MR) is 102 cm³/mol. The van der Waals surface area contributed by atoms with Crippen molar-refractivity contribution in [2.75, 3.05) is 5.43 Å². The number of rotatable bonds is 4. The van der Waals surface area contributed by atoms with E-state index >= 15 is 0 Å². The van der Waals surface area contributed by atoms with Gasteiger partial charge in [0.05, 0.1) is 11.6 Å². The van der Waals surface area contributed by atoms with E-state index in [9.17, 15) is 0 Å². The fraction of sp³-hybridized carbons (Fsp3) is 0.278. The number of hydrogen-bond donors (Lipinski definition) is 2. The number of anilines is 1. The number of nitrogens with one attached hydrogen (secondary N) is 1. The number of hydrogen-bond acceptors (Lipinski definition) is 6. The Kier molecular flexibility index (Phi) is 4.59.